The Kier molecular flexibility index (Phi) is 4.65. The van der Waals surface area contributed by atoms with Crippen LogP contribution in [0.4, 0.5) is 0 Å². The van der Waals surface area contributed by atoms with E-state index in [1.165, 1.54) is 11.3 Å². The molecule has 2 N–H and O–H groups in total. The molecule has 1 heterocycles. The van der Waals surface area contributed by atoms with Crippen LogP contribution in [0.3, 0.4) is 0 Å². The number of aryl methyl sites for hydroxylation is 1. The van der Waals surface area contributed by atoms with E-state index in [-0.39, 0.29) is 6.04 Å². The molecule has 1 aliphatic carbocycles. The third-order valence-electron chi connectivity index (χ3n) is 4.06. The van der Waals surface area contributed by atoms with Gasteiger partial charge in [0, 0.05) is 24.4 Å². The van der Waals surface area contributed by atoms with Crippen LogP contribution in [-0.2, 0) is 17.6 Å². The van der Waals surface area contributed by atoms with Crippen LogP contribution < -0.4 is 0 Å². The van der Waals surface area contributed by atoms with Gasteiger partial charge in [0.1, 0.15) is 6.04 Å². The van der Waals surface area contributed by atoms with E-state index in [0.29, 0.717) is 6.42 Å². The highest BCUT2D eigenvalue weighted by molar-refractivity contribution is 5.74. The van der Waals surface area contributed by atoms with Crippen LogP contribution in [0.2, 0.25) is 0 Å². The number of carboxylic acid groups (broad SMARTS) is 1. The summed E-state index contributed by atoms with van der Waals surface area (Å²) in [5.41, 5.74) is 3.55. The van der Waals surface area contributed by atoms with E-state index in [1.807, 2.05) is 31.9 Å². The van der Waals surface area contributed by atoms with E-state index in [9.17, 15) is 9.90 Å². The van der Waals surface area contributed by atoms with Crippen molar-refractivity contribution in [2.45, 2.75) is 52.1 Å². The average Bonchev–Trinajstić information content (AvgIpc) is 2.81. The molecule has 1 atom stereocenters. The van der Waals surface area contributed by atoms with Crippen LogP contribution in [0.5, 0.6) is 0 Å². The molecule has 0 saturated heterocycles. The van der Waals surface area contributed by atoms with Crippen molar-refractivity contribution in [2.75, 3.05) is 6.54 Å². The number of hydrogen-bond donors (Lipinski definition) is 2. The summed E-state index contributed by atoms with van der Waals surface area (Å²) in [6.45, 7) is 6.86. The van der Waals surface area contributed by atoms with Crippen molar-refractivity contribution >= 4 is 12.0 Å². The monoisotopic (exact) mass is 276 g/mol. The smallest absolute Gasteiger partial charge is 0.321 e. The minimum atomic E-state index is -0.740. The van der Waals surface area contributed by atoms with Gasteiger partial charge in [-0.1, -0.05) is 19.1 Å². The predicted molar refractivity (Wildman–Crippen MR) is 80.8 cm³/mol. The average molecular weight is 276 g/mol. The molecule has 0 saturated carbocycles. The highest BCUT2D eigenvalue weighted by Gasteiger charge is 2.28. The quantitative estimate of drug-likeness (QED) is 0.840. The molecule has 110 valence electrons. The van der Waals surface area contributed by atoms with Gasteiger partial charge in [0.25, 0.3) is 0 Å². The van der Waals surface area contributed by atoms with Crippen molar-refractivity contribution in [3.8, 4) is 0 Å². The van der Waals surface area contributed by atoms with Gasteiger partial charge in [0.2, 0.25) is 0 Å². The highest BCUT2D eigenvalue weighted by Crippen LogP contribution is 2.24. The van der Waals surface area contributed by atoms with Gasteiger partial charge in [-0.05, 0) is 44.4 Å². The third-order valence-corrected chi connectivity index (χ3v) is 4.06. The Hall–Kier alpha value is -1.55. The summed E-state index contributed by atoms with van der Waals surface area (Å²) in [6, 6.07) is -0.235. The lowest BCUT2D eigenvalue weighted by molar-refractivity contribution is -0.144. The van der Waals surface area contributed by atoms with Crippen LogP contribution in [0, 0.1) is 0 Å². The predicted octanol–water partition coefficient (Wildman–Crippen LogP) is 2.70. The van der Waals surface area contributed by atoms with Crippen LogP contribution in [-0.4, -0.2) is 39.6 Å². The van der Waals surface area contributed by atoms with Gasteiger partial charge < -0.3 is 10.1 Å². The topological polar surface area (TPSA) is 56.3 Å². The fourth-order valence-corrected chi connectivity index (χ4v) is 3.04. The minimum Gasteiger partial charge on any atom is -0.480 e. The Morgan fingerprint density at radius 3 is 2.85 bits per heavy atom. The van der Waals surface area contributed by atoms with Gasteiger partial charge in [-0.15, -0.1) is 0 Å². The number of nitrogens with one attached hydrogen (secondary N) is 1. The fraction of sp³-hybridized carbons (Fsp3) is 0.562. The Labute approximate surface area is 120 Å². The van der Waals surface area contributed by atoms with Crippen LogP contribution in [0.15, 0.2) is 12.3 Å². The van der Waals surface area contributed by atoms with Crippen molar-refractivity contribution in [1.29, 1.82) is 0 Å². The zero-order valence-electron chi connectivity index (χ0n) is 12.5. The number of allylic oxidation sites excluding steroid dienone is 1. The lowest BCUT2D eigenvalue weighted by Gasteiger charge is -2.31. The second-order valence-electron chi connectivity index (χ2n) is 5.63. The number of H-pyrrole nitrogens is 1. The molecule has 4 heteroatoms. The summed E-state index contributed by atoms with van der Waals surface area (Å²) in [6.07, 6.45) is 8.89. The first-order chi connectivity index (χ1) is 9.54. The largest absolute Gasteiger partial charge is 0.480 e. The van der Waals surface area contributed by atoms with Gasteiger partial charge in [-0.2, -0.15) is 0 Å². The molecule has 0 bridgehead atoms. The first kappa shape index (κ1) is 14.9. The molecule has 0 amide bonds. The lowest BCUT2D eigenvalue weighted by atomic mass is 9.97. The Balaban J connectivity index is 2.23. The van der Waals surface area contributed by atoms with E-state index in [4.69, 9.17) is 0 Å². The Bertz CT molecular complexity index is 503. The first-order valence-electron chi connectivity index (χ1n) is 7.38. The number of nitrogens with zero attached hydrogens (tertiary/aromatic N) is 1. The maximum atomic E-state index is 11.6. The molecule has 0 aromatic carbocycles. The molecule has 1 unspecified atom stereocenters. The molecule has 0 radical (unpaired) electrons. The van der Waals surface area contributed by atoms with Gasteiger partial charge in [-0.25, -0.2) is 0 Å². The molecule has 4 nitrogen and oxygen atoms in total. The Morgan fingerprint density at radius 1 is 1.50 bits per heavy atom. The van der Waals surface area contributed by atoms with Crippen molar-refractivity contribution in [2.24, 2.45) is 0 Å². The molecule has 1 aromatic heterocycles. The summed E-state index contributed by atoms with van der Waals surface area (Å²) in [5.74, 6) is -0.740. The number of aliphatic carboxylic acids is 1. The molecular weight excluding hydrogens is 252 g/mol. The minimum absolute atomic E-state index is 0.228. The SMILES string of the molecule is CCN(C(C)C)C(Cc1c[nH]c2c1C=CCC2)C(=O)O. The number of aromatic amines is 1. The van der Waals surface area contributed by atoms with Crippen LogP contribution in [0.1, 0.15) is 44.0 Å². The summed E-state index contributed by atoms with van der Waals surface area (Å²) >= 11 is 0. The molecule has 1 aromatic rings. The Morgan fingerprint density at radius 2 is 2.25 bits per heavy atom. The number of aromatic nitrogens is 1. The fourth-order valence-electron chi connectivity index (χ4n) is 3.04. The zero-order chi connectivity index (χ0) is 14.7. The van der Waals surface area contributed by atoms with E-state index in [2.05, 4.69) is 17.1 Å². The molecule has 1 aliphatic rings. The number of likely N-dealkylation sites (N-methyl/N-ethyl adjacent to an activating group) is 1. The number of carbonyl (C=O) groups is 1. The second-order valence-corrected chi connectivity index (χ2v) is 5.63. The third kappa shape index (κ3) is 2.96. The summed E-state index contributed by atoms with van der Waals surface area (Å²) < 4.78 is 0. The maximum Gasteiger partial charge on any atom is 0.321 e. The van der Waals surface area contributed by atoms with Crippen LogP contribution in [0.25, 0.3) is 6.08 Å². The molecular formula is C16H24N2O2. The van der Waals surface area contributed by atoms with Crippen molar-refractivity contribution in [3.63, 3.8) is 0 Å². The molecule has 0 fully saturated rings. The second kappa shape index (κ2) is 6.27. The van der Waals surface area contributed by atoms with Gasteiger partial charge >= 0.3 is 5.97 Å². The van der Waals surface area contributed by atoms with E-state index < -0.39 is 12.0 Å². The zero-order valence-corrected chi connectivity index (χ0v) is 12.5. The number of rotatable bonds is 6. The normalized spacial score (nSPS) is 15.7. The molecule has 0 spiro atoms. The van der Waals surface area contributed by atoms with Crippen LogP contribution >= 0.6 is 0 Å². The molecule has 2 rings (SSSR count). The summed E-state index contributed by atoms with van der Waals surface area (Å²) in [7, 11) is 0. The standard InChI is InChI=1S/C16H24N2O2/c1-4-18(11(2)3)15(16(19)20)9-12-10-17-14-8-6-5-7-13(12)14/h5,7,10-11,15,17H,4,6,8-9H2,1-3H3,(H,19,20). The first-order valence-corrected chi connectivity index (χ1v) is 7.38. The number of carboxylic acids is 1. The van der Waals surface area contributed by atoms with Gasteiger partial charge in [0.05, 0.1) is 0 Å². The number of fused-ring (bicyclic) bond motifs is 1. The van der Waals surface area contributed by atoms with E-state index in [0.717, 1.165) is 24.9 Å². The van der Waals surface area contributed by atoms with Crippen molar-refractivity contribution < 1.29 is 9.90 Å². The van der Waals surface area contributed by atoms with E-state index >= 15 is 0 Å². The summed E-state index contributed by atoms with van der Waals surface area (Å²) in [4.78, 5) is 17.0. The molecule has 0 aliphatic heterocycles. The molecule has 20 heavy (non-hydrogen) atoms. The highest BCUT2D eigenvalue weighted by atomic mass is 16.4. The summed E-state index contributed by atoms with van der Waals surface area (Å²) in [5, 5.41) is 9.56. The van der Waals surface area contributed by atoms with E-state index in [1.54, 1.807) is 0 Å². The maximum absolute atomic E-state index is 11.6. The number of hydrogen-bond acceptors (Lipinski definition) is 2. The lowest BCUT2D eigenvalue weighted by Crippen LogP contribution is -2.46. The van der Waals surface area contributed by atoms with Gasteiger partial charge in [-0.3, -0.25) is 9.69 Å². The van der Waals surface area contributed by atoms with Crippen molar-refractivity contribution in [1.82, 2.24) is 9.88 Å². The van der Waals surface area contributed by atoms with Crippen molar-refractivity contribution in [3.05, 3.63) is 29.1 Å². The van der Waals surface area contributed by atoms with Gasteiger partial charge in [0.15, 0.2) is 0 Å².